The molecule has 5 rings (SSSR count). The van der Waals surface area contributed by atoms with Crippen LogP contribution >= 0.6 is 0 Å². The van der Waals surface area contributed by atoms with Gasteiger partial charge in [-0.2, -0.15) is 0 Å². The summed E-state index contributed by atoms with van der Waals surface area (Å²) in [7, 11) is 0. The van der Waals surface area contributed by atoms with Gasteiger partial charge in [-0.05, 0) is 47.7 Å². The van der Waals surface area contributed by atoms with E-state index in [9.17, 15) is 19.8 Å². The van der Waals surface area contributed by atoms with Crippen LogP contribution in [0.4, 0.5) is 4.79 Å². The van der Waals surface area contributed by atoms with E-state index in [-0.39, 0.29) is 23.0 Å². The van der Waals surface area contributed by atoms with Crippen LogP contribution < -0.4 is 0 Å². The Morgan fingerprint density at radius 3 is 2.67 bits per heavy atom. The average Bonchev–Trinajstić information content (AvgIpc) is 2.89. The second-order valence-electron chi connectivity index (χ2n) is 9.68. The lowest BCUT2D eigenvalue weighted by Gasteiger charge is -2.47. The van der Waals surface area contributed by atoms with Crippen LogP contribution in [-0.4, -0.2) is 46.6 Å². The molecule has 1 saturated heterocycles. The third-order valence-electron chi connectivity index (χ3n) is 8.33. The molecule has 6 heteroatoms. The van der Waals surface area contributed by atoms with E-state index < -0.39 is 41.9 Å². The Labute approximate surface area is 158 Å². The molecule has 0 aromatic rings. The van der Waals surface area contributed by atoms with Gasteiger partial charge in [0.2, 0.25) is 5.60 Å². The third kappa shape index (κ3) is 1.67. The molecule has 0 unspecified atom stereocenters. The van der Waals surface area contributed by atoms with Gasteiger partial charge in [0.25, 0.3) is 0 Å². The maximum absolute atomic E-state index is 14.1. The number of Topliss-reactive ketones (excluding diaryl/α,β-unsaturated/α-hetero) is 1. The van der Waals surface area contributed by atoms with Gasteiger partial charge in [0.1, 0.15) is 6.10 Å². The average molecular weight is 374 g/mol. The summed E-state index contributed by atoms with van der Waals surface area (Å²) < 4.78 is 11.1. The fraction of sp³-hybridized carbons (Fsp3) is 0.714. The van der Waals surface area contributed by atoms with E-state index in [1.807, 2.05) is 19.9 Å². The van der Waals surface area contributed by atoms with Gasteiger partial charge in [-0.1, -0.05) is 32.9 Å². The van der Waals surface area contributed by atoms with Crippen molar-refractivity contribution in [3.8, 4) is 0 Å². The minimum Gasteiger partial charge on any atom is -0.422 e. The lowest BCUT2D eigenvalue weighted by molar-refractivity contribution is -0.161. The Hall–Kier alpha value is -1.66. The van der Waals surface area contributed by atoms with Crippen LogP contribution in [0.3, 0.4) is 0 Å². The van der Waals surface area contributed by atoms with E-state index in [0.717, 1.165) is 12.0 Å². The molecule has 0 aromatic heterocycles. The van der Waals surface area contributed by atoms with Crippen LogP contribution in [0, 0.1) is 34.5 Å². The smallest absolute Gasteiger partial charge is 0.422 e. The third-order valence-corrected chi connectivity index (χ3v) is 8.33. The standard InChI is InChI=1S/C21H26O6/c1-9-7-20-10(2)5-13-14(19(13,3)4)12(16(20)24)6-11(8-22)15(23)21(20)17(9)26-18(25)27-21/h6-7,10,12-15,17,22-23H,5,8H2,1-4H3/t10-,12+,13-,14+,15-,17+,20-,21+/m1/s1. The van der Waals surface area contributed by atoms with Gasteiger partial charge < -0.3 is 19.7 Å². The first kappa shape index (κ1) is 17.4. The minimum atomic E-state index is -1.53. The summed E-state index contributed by atoms with van der Waals surface area (Å²) in [6.07, 6.45) is 1.49. The first-order valence-corrected chi connectivity index (χ1v) is 9.75. The van der Waals surface area contributed by atoms with Crippen LogP contribution in [0.15, 0.2) is 23.3 Å². The number of carbonyl (C=O) groups is 2. The van der Waals surface area contributed by atoms with Gasteiger partial charge in [0.05, 0.1) is 12.0 Å². The number of fused-ring (bicyclic) bond motifs is 3. The van der Waals surface area contributed by atoms with Crippen molar-refractivity contribution < 1.29 is 29.3 Å². The Morgan fingerprint density at radius 1 is 1.30 bits per heavy atom. The zero-order valence-corrected chi connectivity index (χ0v) is 16.1. The summed E-state index contributed by atoms with van der Waals surface area (Å²) in [4.78, 5) is 26.2. The lowest BCUT2D eigenvalue weighted by Crippen LogP contribution is -2.64. The molecule has 8 atom stereocenters. The van der Waals surface area contributed by atoms with E-state index >= 15 is 0 Å². The summed E-state index contributed by atoms with van der Waals surface area (Å²) in [5.41, 5.74) is -1.57. The van der Waals surface area contributed by atoms with E-state index in [4.69, 9.17) is 9.47 Å². The number of allylic oxidation sites excluding steroid dienone is 1. The van der Waals surface area contributed by atoms with Gasteiger partial charge >= 0.3 is 6.16 Å². The van der Waals surface area contributed by atoms with Gasteiger partial charge in [-0.3, -0.25) is 4.79 Å². The predicted octanol–water partition coefficient (Wildman–Crippen LogP) is 2.00. The van der Waals surface area contributed by atoms with Crippen LogP contribution in [0.1, 0.15) is 34.1 Å². The highest BCUT2D eigenvalue weighted by atomic mass is 16.8. The van der Waals surface area contributed by atoms with Crippen molar-refractivity contribution in [2.24, 2.45) is 34.5 Å². The molecular formula is C21H26O6. The van der Waals surface area contributed by atoms with Crippen molar-refractivity contribution in [3.63, 3.8) is 0 Å². The molecule has 27 heavy (non-hydrogen) atoms. The molecule has 0 aromatic carbocycles. The number of aliphatic hydroxyl groups excluding tert-OH is 2. The molecule has 0 radical (unpaired) electrons. The van der Waals surface area contributed by atoms with Crippen molar-refractivity contribution in [2.45, 2.75) is 51.9 Å². The molecule has 2 N–H and O–H groups in total. The quantitative estimate of drug-likeness (QED) is 0.539. The van der Waals surface area contributed by atoms with E-state index in [1.54, 1.807) is 6.08 Å². The minimum absolute atomic E-state index is 0.0178. The fourth-order valence-corrected chi connectivity index (χ4v) is 7.01. The van der Waals surface area contributed by atoms with Gasteiger partial charge in [-0.25, -0.2) is 4.79 Å². The molecule has 2 saturated carbocycles. The first-order valence-electron chi connectivity index (χ1n) is 9.75. The monoisotopic (exact) mass is 374 g/mol. The SMILES string of the molecule is CC1=C[C@@]23C(=O)[C@@H](C=C(CO)[C@@H](O)[C@@]24OC(=O)O[C@@H]14)[C@H]1[C@@H](C[C@H]3C)C1(C)C. The first-order chi connectivity index (χ1) is 12.6. The van der Waals surface area contributed by atoms with Crippen molar-refractivity contribution in [2.75, 3.05) is 6.61 Å². The zero-order valence-electron chi connectivity index (χ0n) is 16.1. The number of ether oxygens (including phenoxy) is 2. The summed E-state index contributed by atoms with van der Waals surface area (Å²) in [6.45, 7) is 7.81. The van der Waals surface area contributed by atoms with Crippen LogP contribution in [0.2, 0.25) is 0 Å². The van der Waals surface area contributed by atoms with Crippen molar-refractivity contribution in [1.29, 1.82) is 0 Å². The van der Waals surface area contributed by atoms with E-state index in [0.29, 0.717) is 11.5 Å². The number of rotatable bonds is 1. The molecule has 146 valence electrons. The molecule has 1 heterocycles. The summed E-state index contributed by atoms with van der Waals surface area (Å²) in [5.74, 6) is 0.000337. The number of ketones is 1. The molecule has 1 aliphatic heterocycles. The van der Waals surface area contributed by atoms with Gasteiger partial charge in [0, 0.05) is 5.92 Å². The summed E-state index contributed by atoms with van der Waals surface area (Å²) in [5, 5.41) is 21.3. The van der Waals surface area contributed by atoms with Gasteiger partial charge in [0.15, 0.2) is 11.9 Å². The predicted molar refractivity (Wildman–Crippen MR) is 94.5 cm³/mol. The summed E-state index contributed by atoms with van der Waals surface area (Å²) >= 11 is 0. The number of aliphatic hydroxyl groups is 2. The Morgan fingerprint density at radius 2 is 2.00 bits per heavy atom. The Balaban J connectivity index is 1.80. The molecule has 6 nitrogen and oxygen atoms in total. The van der Waals surface area contributed by atoms with Crippen LogP contribution in [-0.2, 0) is 14.3 Å². The molecular weight excluding hydrogens is 348 g/mol. The van der Waals surface area contributed by atoms with Crippen molar-refractivity contribution in [3.05, 3.63) is 23.3 Å². The largest absolute Gasteiger partial charge is 0.509 e. The molecule has 0 amide bonds. The number of hydrogen-bond donors (Lipinski definition) is 2. The topological polar surface area (TPSA) is 93.1 Å². The second kappa shape index (κ2) is 4.84. The highest BCUT2D eigenvalue weighted by Gasteiger charge is 2.80. The number of hydrogen-bond acceptors (Lipinski definition) is 6. The van der Waals surface area contributed by atoms with E-state index in [2.05, 4.69) is 13.8 Å². The Bertz CT molecular complexity index is 825. The molecule has 5 aliphatic rings. The highest BCUT2D eigenvalue weighted by Crippen LogP contribution is 2.72. The molecule has 4 aliphatic carbocycles. The zero-order chi connectivity index (χ0) is 19.5. The highest BCUT2D eigenvalue weighted by molar-refractivity contribution is 5.96. The maximum Gasteiger partial charge on any atom is 0.509 e. The van der Waals surface area contributed by atoms with Crippen molar-refractivity contribution in [1.82, 2.24) is 0 Å². The Kier molecular flexibility index (Phi) is 3.13. The van der Waals surface area contributed by atoms with E-state index in [1.165, 1.54) is 0 Å². The second-order valence-corrected chi connectivity index (χ2v) is 9.68. The normalized spacial score (nSPS) is 51.6. The molecule has 2 spiro atoms. The lowest BCUT2D eigenvalue weighted by atomic mass is 9.59. The van der Waals surface area contributed by atoms with Crippen molar-refractivity contribution >= 4 is 11.9 Å². The fourth-order valence-electron chi connectivity index (χ4n) is 7.01. The summed E-state index contributed by atoms with van der Waals surface area (Å²) in [6, 6.07) is 0. The van der Waals surface area contributed by atoms with Crippen LogP contribution in [0.25, 0.3) is 0 Å². The van der Waals surface area contributed by atoms with Gasteiger partial charge in [-0.15, -0.1) is 0 Å². The molecule has 2 bridgehead atoms. The number of carbonyl (C=O) groups excluding carboxylic acids is 2. The maximum atomic E-state index is 14.1. The van der Waals surface area contributed by atoms with Crippen LogP contribution in [0.5, 0.6) is 0 Å². The molecule has 3 fully saturated rings.